The van der Waals surface area contributed by atoms with Gasteiger partial charge in [-0.05, 0) is 54.4 Å². The number of rotatable bonds is 5. The molecule has 0 aliphatic carbocycles. The van der Waals surface area contributed by atoms with Gasteiger partial charge in [0.05, 0.1) is 22.6 Å². The first-order valence-corrected chi connectivity index (χ1v) is 10.3. The molecule has 5 nitrogen and oxygen atoms in total. The van der Waals surface area contributed by atoms with E-state index in [0.29, 0.717) is 5.56 Å². The number of benzene rings is 1. The number of nitrogens with zero attached hydrogens (tertiary/aromatic N) is 1. The molecule has 0 bridgehead atoms. The van der Waals surface area contributed by atoms with Crippen LogP contribution in [0.5, 0.6) is 0 Å². The predicted octanol–water partition coefficient (Wildman–Crippen LogP) is 4.14. The maximum Gasteiger partial charge on any atom is 0.328 e. The average molecular weight is 419 g/mol. The van der Waals surface area contributed by atoms with Gasteiger partial charge in [-0.1, -0.05) is 31.8 Å². The van der Waals surface area contributed by atoms with E-state index in [1.54, 1.807) is 41.8 Å². The molecular weight excluding hydrogens is 396 g/mol. The molecule has 3 rings (SSSR count). The lowest BCUT2D eigenvalue weighted by molar-refractivity contribution is -0.144. The molecule has 0 unspecified atom stereocenters. The number of hydrogen-bond acceptors (Lipinski definition) is 5. The van der Waals surface area contributed by atoms with Crippen molar-refractivity contribution >= 4 is 23.2 Å². The molecule has 30 heavy (non-hydrogen) atoms. The Bertz CT molecular complexity index is 1080. The van der Waals surface area contributed by atoms with Crippen LogP contribution in [0.4, 0.5) is 0 Å². The summed E-state index contributed by atoms with van der Waals surface area (Å²) in [6.45, 7) is 3.70. The van der Waals surface area contributed by atoms with Gasteiger partial charge in [-0.15, -0.1) is 11.3 Å². The number of aromatic nitrogens is 1. The Morgan fingerprint density at radius 2 is 1.80 bits per heavy atom. The van der Waals surface area contributed by atoms with Crippen LogP contribution >= 0.6 is 11.3 Å². The molecule has 2 aromatic heterocycles. The zero-order valence-corrected chi connectivity index (χ0v) is 17.8. The van der Waals surface area contributed by atoms with E-state index < -0.39 is 12.0 Å². The summed E-state index contributed by atoms with van der Waals surface area (Å²) in [4.78, 5) is 30.6. The van der Waals surface area contributed by atoms with Gasteiger partial charge < -0.3 is 10.1 Å². The molecule has 0 aliphatic rings. The van der Waals surface area contributed by atoms with Gasteiger partial charge in [-0.25, -0.2) is 4.79 Å². The van der Waals surface area contributed by atoms with Crippen molar-refractivity contribution in [2.45, 2.75) is 19.9 Å². The molecule has 1 N–H and O–H groups in total. The zero-order chi connectivity index (χ0) is 21.5. The van der Waals surface area contributed by atoms with Crippen molar-refractivity contribution in [1.29, 1.82) is 0 Å². The maximum atomic E-state index is 12.4. The lowest BCUT2D eigenvalue weighted by atomic mass is 10.0. The number of nitrogens with one attached hydrogen (secondary N) is 1. The summed E-state index contributed by atoms with van der Waals surface area (Å²) in [6, 6.07) is 16.1. The maximum absolute atomic E-state index is 12.4. The highest BCUT2D eigenvalue weighted by atomic mass is 32.1. The first kappa shape index (κ1) is 21.3. The van der Waals surface area contributed by atoms with Crippen molar-refractivity contribution in [3.8, 4) is 22.4 Å². The van der Waals surface area contributed by atoms with Gasteiger partial charge in [-0.2, -0.15) is 0 Å². The number of methoxy groups -OCH3 is 1. The molecule has 0 saturated heterocycles. The Morgan fingerprint density at radius 3 is 2.43 bits per heavy atom. The van der Waals surface area contributed by atoms with Crippen molar-refractivity contribution < 1.29 is 14.3 Å². The molecule has 0 radical (unpaired) electrons. The summed E-state index contributed by atoms with van der Waals surface area (Å²) < 4.78 is 4.76. The zero-order valence-electron chi connectivity index (χ0n) is 17.0. The van der Waals surface area contributed by atoms with Crippen LogP contribution in [0, 0.1) is 17.8 Å². The normalized spacial score (nSPS) is 11.3. The van der Waals surface area contributed by atoms with Crippen molar-refractivity contribution in [1.82, 2.24) is 10.3 Å². The van der Waals surface area contributed by atoms with E-state index >= 15 is 0 Å². The Hall–Kier alpha value is -3.43. The monoisotopic (exact) mass is 418 g/mol. The van der Waals surface area contributed by atoms with Gasteiger partial charge >= 0.3 is 5.97 Å². The lowest BCUT2D eigenvalue weighted by Crippen LogP contribution is -2.45. The summed E-state index contributed by atoms with van der Waals surface area (Å²) >= 11 is 1.58. The van der Waals surface area contributed by atoms with Gasteiger partial charge in [0.2, 0.25) is 0 Å². The van der Waals surface area contributed by atoms with Crippen molar-refractivity contribution in [2.24, 2.45) is 5.92 Å². The Morgan fingerprint density at radius 1 is 1.03 bits per heavy atom. The van der Waals surface area contributed by atoms with Crippen LogP contribution in [-0.4, -0.2) is 30.0 Å². The SMILES string of the molecule is COC(=O)[C@@H](NC(=O)c1ccc(C#Cc2ccc(-c3ccccn3)s2)cc1)C(C)C. The fourth-order valence-corrected chi connectivity index (χ4v) is 3.58. The Kier molecular flexibility index (Phi) is 6.99. The summed E-state index contributed by atoms with van der Waals surface area (Å²) in [5.41, 5.74) is 2.19. The number of esters is 1. The smallest absolute Gasteiger partial charge is 0.328 e. The van der Waals surface area contributed by atoms with Crippen LogP contribution in [0.3, 0.4) is 0 Å². The largest absolute Gasteiger partial charge is 0.467 e. The number of thiophene rings is 1. The molecule has 1 atom stereocenters. The minimum absolute atomic E-state index is 0.0756. The molecule has 6 heteroatoms. The predicted molar refractivity (Wildman–Crippen MR) is 118 cm³/mol. The molecule has 1 amide bonds. The van der Waals surface area contributed by atoms with Crippen molar-refractivity contribution in [3.05, 3.63) is 76.8 Å². The minimum atomic E-state index is -0.686. The Balaban J connectivity index is 1.68. The number of amides is 1. The van der Waals surface area contributed by atoms with E-state index in [9.17, 15) is 9.59 Å². The summed E-state index contributed by atoms with van der Waals surface area (Å²) in [7, 11) is 1.31. The second-order valence-corrected chi connectivity index (χ2v) is 8.01. The van der Waals surface area contributed by atoms with Crippen LogP contribution in [-0.2, 0) is 9.53 Å². The van der Waals surface area contributed by atoms with Gasteiger partial charge in [-0.3, -0.25) is 9.78 Å². The lowest BCUT2D eigenvalue weighted by Gasteiger charge is -2.19. The molecule has 0 fully saturated rings. The quantitative estimate of drug-likeness (QED) is 0.500. The third-order valence-corrected chi connectivity index (χ3v) is 5.43. The van der Waals surface area contributed by atoms with E-state index in [4.69, 9.17) is 4.74 Å². The van der Waals surface area contributed by atoms with Crippen molar-refractivity contribution in [2.75, 3.05) is 7.11 Å². The Labute approximate surface area is 180 Å². The molecule has 0 saturated carbocycles. The molecule has 0 spiro atoms. The van der Waals surface area contributed by atoms with E-state index in [0.717, 1.165) is 21.0 Å². The second kappa shape index (κ2) is 9.86. The van der Waals surface area contributed by atoms with E-state index in [2.05, 4.69) is 22.1 Å². The van der Waals surface area contributed by atoms with Gasteiger partial charge in [0, 0.05) is 17.3 Å². The first-order valence-electron chi connectivity index (χ1n) is 9.50. The van der Waals surface area contributed by atoms with Gasteiger partial charge in [0.15, 0.2) is 0 Å². The average Bonchev–Trinajstić information content (AvgIpc) is 3.25. The molecule has 0 aliphatic heterocycles. The summed E-state index contributed by atoms with van der Waals surface area (Å²) in [5, 5.41) is 2.73. The number of hydrogen-bond donors (Lipinski definition) is 1. The third kappa shape index (κ3) is 5.34. The topological polar surface area (TPSA) is 68.3 Å². The third-order valence-electron chi connectivity index (χ3n) is 4.41. The van der Waals surface area contributed by atoms with Crippen LogP contribution in [0.15, 0.2) is 60.8 Å². The van der Waals surface area contributed by atoms with Crippen LogP contribution < -0.4 is 5.32 Å². The fraction of sp³-hybridized carbons (Fsp3) is 0.208. The second-order valence-electron chi connectivity index (χ2n) is 6.92. The highest BCUT2D eigenvalue weighted by Gasteiger charge is 2.25. The van der Waals surface area contributed by atoms with Crippen LogP contribution in [0.25, 0.3) is 10.6 Å². The number of carbonyl (C=O) groups excluding carboxylic acids is 2. The highest BCUT2D eigenvalue weighted by Crippen LogP contribution is 2.25. The number of pyridine rings is 1. The van der Waals surface area contributed by atoms with Crippen LogP contribution in [0.1, 0.15) is 34.6 Å². The standard InChI is InChI=1S/C24H22N2O3S/c1-16(2)22(24(28)29-3)26-23(27)18-10-7-17(8-11-18)9-12-19-13-14-21(30-19)20-6-4-5-15-25-20/h4-8,10-11,13-16,22H,1-3H3,(H,26,27)/t22-/m0/s1. The van der Waals surface area contributed by atoms with Gasteiger partial charge in [0.25, 0.3) is 5.91 Å². The summed E-state index contributed by atoms with van der Waals surface area (Å²) in [5.74, 6) is 5.41. The molecule has 1 aromatic carbocycles. The molecule has 2 heterocycles. The molecule has 152 valence electrons. The minimum Gasteiger partial charge on any atom is -0.467 e. The van der Waals surface area contributed by atoms with E-state index in [1.165, 1.54) is 7.11 Å². The van der Waals surface area contributed by atoms with E-state index in [-0.39, 0.29) is 11.8 Å². The number of ether oxygens (including phenoxy) is 1. The molecule has 3 aromatic rings. The summed E-state index contributed by atoms with van der Waals surface area (Å²) in [6.07, 6.45) is 1.77. The number of carbonyl (C=O) groups is 2. The van der Waals surface area contributed by atoms with E-state index in [1.807, 2.05) is 44.2 Å². The first-order chi connectivity index (χ1) is 14.5. The van der Waals surface area contributed by atoms with Crippen molar-refractivity contribution in [3.63, 3.8) is 0 Å². The van der Waals surface area contributed by atoms with Crippen LogP contribution in [0.2, 0.25) is 0 Å². The highest BCUT2D eigenvalue weighted by molar-refractivity contribution is 7.16. The fourth-order valence-electron chi connectivity index (χ4n) is 2.74. The van der Waals surface area contributed by atoms with Gasteiger partial charge in [0.1, 0.15) is 6.04 Å². The molecular formula is C24H22N2O3S.